The highest BCUT2D eigenvalue weighted by Gasteiger charge is 2.42. The number of hydrogen-bond acceptors (Lipinski definition) is 8. The number of nitrogens with two attached hydrogens (primary N) is 1. The normalized spacial score (nSPS) is 25.8. The topological polar surface area (TPSA) is 131 Å². The van der Waals surface area contributed by atoms with Gasteiger partial charge in [-0.15, -0.1) is 10.8 Å². The van der Waals surface area contributed by atoms with E-state index in [1.54, 1.807) is 25.3 Å². The van der Waals surface area contributed by atoms with Crippen LogP contribution < -0.4 is 11.1 Å². The van der Waals surface area contributed by atoms with Crippen molar-refractivity contribution in [3.63, 3.8) is 0 Å². The van der Waals surface area contributed by atoms with E-state index in [2.05, 4.69) is 21.4 Å². The summed E-state index contributed by atoms with van der Waals surface area (Å²) in [6.45, 7) is 1.64. The maximum atomic E-state index is 14.8. The van der Waals surface area contributed by atoms with E-state index in [9.17, 15) is 13.5 Å². The number of aliphatic imine (C=N–C) groups is 1. The van der Waals surface area contributed by atoms with Crippen LogP contribution in [0.15, 0.2) is 35.5 Å². The van der Waals surface area contributed by atoms with Crippen LogP contribution in [0.4, 0.5) is 10.1 Å². The standard InChI is InChI=1S/C20H23FN6O2S/c1-20(11-30(28,29)27(2)19(23)26-20)15-8-14(4-5-16(15)21)25-17-6-3-13-7-12(9-22)10-24-18(13)17/h4-5,7-8,10,17,25,28-29H,3,6,11H2,1-2H3,(H2,23,26)/t17-,20-/m0/s1. The number of aromatic nitrogens is 1. The number of anilines is 1. The summed E-state index contributed by atoms with van der Waals surface area (Å²) in [7, 11) is -1.76. The molecule has 1 aliphatic heterocycles. The predicted molar refractivity (Wildman–Crippen MR) is 114 cm³/mol. The Bertz CT molecular complexity index is 1090. The average molecular weight is 431 g/mol. The molecular formula is C20H23FN6O2S. The number of halogens is 1. The summed E-state index contributed by atoms with van der Waals surface area (Å²) < 4.78 is 36.7. The van der Waals surface area contributed by atoms with E-state index in [1.807, 2.05) is 6.07 Å². The summed E-state index contributed by atoms with van der Waals surface area (Å²) in [6.07, 6.45) is 3.16. The fourth-order valence-electron chi connectivity index (χ4n) is 4.02. The van der Waals surface area contributed by atoms with Crippen molar-refractivity contribution in [1.82, 2.24) is 9.29 Å². The Kier molecular flexibility index (Phi) is 4.85. The molecule has 1 aromatic carbocycles. The van der Waals surface area contributed by atoms with Gasteiger partial charge in [-0.25, -0.2) is 13.7 Å². The number of nitrogens with zero attached hydrogens (tertiary/aromatic N) is 4. The van der Waals surface area contributed by atoms with E-state index < -0.39 is 22.1 Å². The first-order valence-electron chi connectivity index (χ1n) is 9.43. The van der Waals surface area contributed by atoms with Crippen molar-refractivity contribution in [2.75, 3.05) is 18.1 Å². The third-order valence-corrected chi connectivity index (χ3v) is 7.66. The van der Waals surface area contributed by atoms with Gasteiger partial charge in [0.05, 0.1) is 23.1 Å². The first-order chi connectivity index (χ1) is 14.1. The van der Waals surface area contributed by atoms with Gasteiger partial charge >= 0.3 is 0 Å². The molecule has 0 saturated heterocycles. The van der Waals surface area contributed by atoms with Crippen molar-refractivity contribution >= 4 is 22.4 Å². The molecule has 0 radical (unpaired) electrons. The van der Waals surface area contributed by atoms with Gasteiger partial charge in [0, 0.05) is 24.5 Å². The zero-order valence-corrected chi connectivity index (χ0v) is 17.4. The summed E-state index contributed by atoms with van der Waals surface area (Å²) in [5, 5.41) is 12.4. The Hall–Kier alpha value is -2.87. The van der Waals surface area contributed by atoms with Crippen LogP contribution in [0.1, 0.15) is 41.8 Å². The lowest BCUT2D eigenvalue weighted by molar-refractivity contribution is 0.391. The fourth-order valence-corrected chi connectivity index (χ4v) is 5.53. The Morgan fingerprint density at radius 3 is 2.87 bits per heavy atom. The monoisotopic (exact) mass is 430 g/mol. The zero-order valence-electron chi connectivity index (χ0n) is 16.6. The molecule has 0 fully saturated rings. The number of hydrogen-bond donors (Lipinski definition) is 4. The largest absolute Gasteiger partial charge is 0.377 e. The van der Waals surface area contributed by atoms with Gasteiger partial charge in [-0.2, -0.15) is 5.26 Å². The molecule has 2 atom stereocenters. The predicted octanol–water partition coefficient (Wildman–Crippen LogP) is 3.33. The molecule has 2 aromatic rings. The van der Waals surface area contributed by atoms with Crippen molar-refractivity contribution in [3.8, 4) is 6.07 Å². The smallest absolute Gasteiger partial charge is 0.210 e. The minimum absolute atomic E-state index is 0.0521. The lowest BCUT2D eigenvalue weighted by Gasteiger charge is -2.49. The van der Waals surface area contributed by atoms with Crippen LogP contribution in [0.25, 0.3) is 0 Å². The van der Waals surface area contributed by atoms with Crippen LogP contribution in [-0.2, 0) is 12.0 Å². The molecule has 2 aliphatic rings. The summed E-state index contributed by atoms with van der Waals surface area (Å²) in [5.41, 5.74) is 7.99. The minimum Gasteiger partial charge on any atom is -0.377 e. The number of nitriles is 1. The number of guanidine groups is 1. The van der Waals surface area contributed by atoms with Crippen LogP contribution in [0.5, 0.6) is 0 Å². The molecule has 0 bridgehead atoms. The highest BCUT2D eigenvalue weighted by molar-refractivity contribution is 8.22. The average Bonchev–Trinajstić information content (AvgIpc) is 3.09. The molecule has 158 valence electrons. The maximum Gasteiger partial charge on any atom is 0.210 e. The zero-order chi connectivity index (χ0) is 21.7. The lowest BCUT2D eigenvalue weighted by Crippen LogP contribution is -2.47. The number of nitrogens with one attached hydrogen (secondary N) is 1. The van der Waals surface area contributed by atoms with Crippen molar-refractivity contribution in [1.29, 1.82) is 5.26 Å². The van der Waals surface area contributed by atoms with Crippen LogP contribution in [0.3, 0.4) is 0 Å². The third kappa shape index (κ3) is 3.45. The van der Waals surface area contributed by atoms with Crippen LogP contribution in [-0.4, -0.2) is 37.2 Å². The van der Waals surface area contributed by atoms with E-state index in [4.69, 9.17) is 11.0 Å². The molecular weight excluding hydrogens is 407 g/mol. The molecule has 0 unspecified atom stereocenters. The molecule has 8 nitrogen and oxygen atoms in total. The van der Waals surface area contributed by atoms with Gasteiger partial charge in [-0.3, -0.25) is 14.1 Å². The Morgan fingerprint density at radius 2 is 2.17 bits per heavy atom. The summed E-state index contributed by atoms with van der Waals surface area (Å²) in [4.78, 5) is 8.78. The highest BCUT2D eigenvalue weighted by Crippen LogP contribution is 2.51. The Balaban J connectivity index is 1.65. The summed E-state index contributed by atoms with van der Waals surface area (Å²) in [5.74, 6) is -0.714. The van der Waals surface area contributed by atoms with Gasteiger partial charge in [-0.1, -0.05) is 0 Å². The maximum absolute atomic E-state index is 14.8. The van der Waals surface area contributed by atoms with Gasteiger partial charge in [-0.05, 0) is 49.6 Å². The molecule has 0 saturated carbocycles. The molecule has 0 amide bonds. The Morgan fingerprint density at radius 1 is 1.40 bits per heavy atom. The Labute approximate surface area is 175 Å². The molecule has 10 heteroatoms. The number of pyridine rings is 1. The number of fused-ring (bicyclic) bond motifs is 1. The van der Waals surface area contributed by atoms with Gasteiger partial charge in [0.15, 0.2) is 0 Å². The van der Waals surface area contributed by atoms with Gasteiger partial charge in [0.25, 0.3) is 0 Å². The van der Waals surface area contributed by atoms with Crippen molar-refractivity contribution in [2.45, 2.75) is 31.3 Å². The second-order valence-electron chi connectivity index (χ2n) is 7.83. The van der Waals surface area contributed by atoms with Gasteiger partial charge in [0.1, 0.15) is 17.4 Å². The van der Waals surface area contributed by atoms with Crippen molar-refractivity contribution in [3.05, 3.63) is 58.7 Å². The molecule has 2 heterocycles. The number of rotatable bonds is 3. The van der Waals surface area contributed by atoms with E-state index in [1.165, 1.54) is 13.1 Å². The van der Waals surface area contributed by atoms with Crippen LogP contribution in [0, 0.1) is 17.1 Å². The number of benzene rings is 1. The molecule has 5 N–H and O–H groups in total. The first-order valence-corrected chi connectivity index (χ1v) is 11.1. The fraction of sp³-hybridized carbons (Fsp3) is 0.350. The second kappa shape index (κ2) is 7.12. The van der Waals surface area contributed by atoms with Gasteiger partial charge < -0.3 is 11.1 Å². The third-order valence-electron chi connectivity index (χ3n) is 5.65. The van der Waals surface area contributed by atoms with E-state index in [0.29, 0.717) is 11.3 Å². The quantitative estimate of drug-likeness (QED) is 0.587. The number of aryl methyl sites for hydroxylation is 1. The molecule has 0 spiro atoms. The van der Waals surface area contributed by atoms with Crippen LogP contribution >= 0.6 is 10.8 Å². The second-order valence-corrected chi connectivity index (χ2v) is 9.93. The SMILES string of the molecule is CN1C(N)=N[C@](C)(c2cc(N[C@H]3CCc4cc(C#N)cnc43)ccc2F)CS1(O)O. The molecule has 30 heavy (non-hydrogen) atoms. The van der Waals surface area contributed by atoms with E-state index in [-0.39, 0.29) is 23.3 Å². The highest BCUT2D eigenvalue weighted by atomic mass is 32.3. The minimum atomic E-state index is -3.21. The molecule has 1 aliphatic carbocycles. The van der Waals surface area contributed by atoms with Crippen molar-refractivity contribution < 1.29 is 13.5 Å². The van der Waals surface area contributed by atoms with E-state index in [0.717, 1.165) is 28.4 Å². The first kappa shape index (κ1) is 20.4. The van der Waals surface area contributed by atoms with Crippen LogP contribution in [0.2, 0.25) is 0 Å². The van der Waals surface area contributed by atoms with E-state index >= 15 is 0 Å². The lowest BCUT2D eigenvalue weighted by atomic mass is 9.93. The molecule has 4 rings (SSSR count). The van der Waals surface area contributed by atoms with Gasteiger partial charge in [0.2, 0.25) is 5.96 Å². The summed E-state index contributed by atoms with van der Waals surface area (Å²) >= 11 is 0. The molecule has 1 aromatic heterocycles. The summed E-state index contributed by atoms with van der Waals surface area (Å²) in [6, 6.07) is 8.48. The van der Waals surface area contributed by atoms with Crippen molar-refractivity contribution in [2.24, 2.45) is 10.7 Å².